The molecule has 2 aliphatic rings. The number of aromatic nitrogens is 2. The van der Waals surface area contributed by atoms with Crippen LogP contribution in [0.3, 0.4) is 0 Å². The van der Waals surface area contributed by atoms with Crippen molar-refractivity contribution in [2.75, 3.05) is 66.8 Å². The van der Waals surface area contributed by atoms with Gasteiger partial charge in [0.1, 0.15) is 0 Å². The molecule has 0 saturated carbocycles. The van der Waals surface area contributed by atoms with Crippen molar-refractivity contribution in [3.05, 3.63) is 77.4 Å². The lowest BCUT2D eigenvalue weighted by molar-refractivity contribution is -0.154. The molecule has 0 bridgehead atoms. The van der Waals surface area contributed by atoms with Gasteiger partial charge in [-0.2, -0.15) is 23.1 Å². The van der Waals surface area contributed by atoms with E-state index in [1.54, 1.807) is 14.0 Å². The molecule has 2 fully saturated rings. The number of carbonyl (C=O) groups is 1. The highest BCUT2D eigenvalue weighted by Crippen LogP contribution is 2.38. The molecule has 2 saturated heterocycles. The van der Waals surface area contributed by atoms with Gasteiger partial charge in [0.25, 0.3) is 0 Å². The molecule has 1 amide bonds. The standard InChI is InChI=1S/C34H42F3N5O5.2ClH/c1-4-46-33-38-31(45-3)27(32(39-33)47-23-34(35,36)37)21-40-19-26-20-41(29(43)15-18-44-2)16-17-42(26)28(22-40)30(24-11-7-5-8-12-24)25-13-9-6-10-14-25;;/h5-14,26,28,30H,4,15-23H2,1-3H3;2*1H/t26-,28+;;/m1../s1. The lowest BCUT2D eigenvalue weighted by atomic mass is 9.81. The maximum atomic E-state index is 13.3. The van der Waals surface area contributed by atoms with Gasteiger partial charge in [-0.25, -0.2) is 0 Å². The topological polar surface area (TPSA) is 89.5 Å². The minimum absolute atomic E-state index is 0. The van der Waals surface area contributed by atoms with Gasteiger partial charge in [0.15, 0.2) is 6.61 Å². The van der Waals surface area contributed by atoms with Crippen molar-refractivity contribution < 1.29 is 36.9 Å². The number of carbonyl (C=O) groups excluding carboxylic acids is 1. The fourth-order valence-corrected chi connectivity index (χ4v) is 6.58. The lowest BCUT2D eigenvalue weighted by Crippen LogP contribution is -2.67. The molecule has 1 aromatic heterocycles. The van der Waals surface area contributed by atoms with Crippen LogP contribution < -0.4 is 14.2 Å². The Bertz CT molecular complexity index is 1420. The van der Waals surface area contributed by atoms with E-state index in [1.807, 2.05) is 41.3 Å². The maximum Gasteiger partial charge on any atom is 0.422 e. The van der Waals surface area contributed by atoms with E-state index in [4.69, 9.17) is 18.9 Å². The number of fused-ring (bicyclic) bond motifs is 1. The summed E-state index contributed by atoms with van der Waals surface area (Å²) in [6.07, 6.45) is -4.27. The van der Waals surface area contributed by atoms with Crippen LogP contribution in [-0.4, -0.2) is 116 Å². The second-order valence-corrected chi connectivity index (χ2v) is 11.7. The number of piperazine rings is 2. The molecule has 0 unspecified atom stereocenters. The third-order valence-electron chi connectivity index (χ3n) is 8.58. The normalized spacial score (nSPS) is 18.2. The Kier molecular flexibility index (Phi) is 15.2. The largest absolute Gasteiger partial charge is 0.481 e. The van der Waals surface area contributed by atoms with E-state index in [2.05, 4.69) is 44.0 Å². The Hall–Kier alpha value is -3.36. The molecule has 3 heterocycles. The first kappa shape index (κ1) is 40.1. The molecule has 15 heteroatoms. The summed E-state index contributed by atoms with van der Waals surface area (Å²) in [5.41, 5.74) is 2.60. The zero-order valence-corrected chi connectivity index (χ0v) is 29.4. The summed E-state index contributed by atoms with van der Waals surface area (Å²) in [5.74, 6) is -0.133. The number of hydrogen-bond acceptors (Lipinski definition) is 9. The first-order valence-electron chi connectivity index (χ1n) is 15.8. The first-order valence-corrected chi connectivity index (χ1v) is 15.8. The molecule has 5 rings (SSSR count). The second-order valence-electron chi connectivity index (χ2n) is 11.7. The van der Waals surface area contributed by atoms with Crippen molar-refractivity contribution in [3.63, 3.8) is 0 Å². The van der Waals surface area contributed by atoms with Gasteiger partial charge in [-0.1, -0.05) is 60.7 Å². The van der Waals surface area contributed by atoms with E-state index >= 15 is 0 Å². The number of nitrogens with zero attached hydrogens (tertiary/aromatic N) is 5. The molecule has 0 radical (unpaired) electrons. The minimum atomic E-state index is -4.57. The van der Waals surface area contributed by atoms with Gasteiger partial charge in [0.2, 0.25) is 17.7 Å². The molecular weight excluding hydrogens is 686 g/mol. The highest BCUT2D eigenvalue weighted by Gasteiger charge is 2.43. The number of amides is 1. The Morgan fingerprint density at radius 1 is 0.898 bits per heavy atom. The van der Waals surface area contributed by atoms with Crippen molar-refractivity contribution >= 4 is 30.7 Å². The average molecular weight is 731 g/mol. The van der Waals surface area contributed by atoms with Crippen LogP contribution in [0.2, 0.25) is 0 Å². The second kappa shape index (κ2) is 18.6. The van der Waals surface area contributed by atoms with Gasteiger partial charge < -0.3 is 23.8 Å². The van der Waals surface area contributed by atoms with Crippen molar-refractivity contribution in [1.29, 1.82) is 0 Å². The third kappa shape index (κ3) is 10.3. The van der Waals surface area contributed by atoms with E-state index in [-0.39, 0.29) is 79.6 Å². The van der Waals surface area contributed by atoms with Crippen molar-refractivity contribution in [2.45, 2.75) is 44.1 Å². The van der Waals surface area contributed by atoms with Gasteiger partial charge >= 0.3 is 12.2 Å². The predicted octanol–water partition coefficient (Wildman–Crippen LogP) is 5.23. The molecule has 2 aromatic carbocycles. The summed E-state index contributed by atoms with van der Waals surface area (Å²) in [5, 5.41) is 0. The van der Waals surface area contributed by atoms with Gasteiger partial charge in [0.05, 0.1) is 32.3 Å². The Labute approximate surface area is 297 Å². The molecule has 0 spiro atoms. The van der Waals surface area contributed by atoms with E-state index < -0.39 is 12.8 Å². The Morgan fingerprint density at radius 3 is 2.10 bits per heavy atom. The molecule has 49 heavy (non-hydrogen) atoms. The smallest absolute Gasteiger partial charge is 0.422 e. The van der Waals surface area contributed by atoms with Gasteiger partial charge in [0, 0.05) is 64.4 Å². The van der Waals surface area contributed by atoms with E-state index in [0.717, 1.165) is 11.1 Å². The van der Waals surface area contributed by atoms with E-state index in [9.17, 15) is 18.0 Å². The van der Waals surface area contributed by atoms with Crippen molar-refractivity contribution in [3.8, 4) is 17.8 Å². The average Bonchev–Trinajstić information content (AvgIpc) is 3.07. The first-order chi connectivity index (χ1) is 22.7. The number of hydrogen-bond donors (Lipinski definition) is 0. The Morgan fingerprint density at radius 2 is 1.53 bits per heavy atom. The van der Waals surface area contributed by atoms with Gasteiger partial charge in [-0.15, -0.1) is 24.8 Å². The summed E-state index contributed by atoms with van der Waals surface area (Å²) < 4.78 is 61.3. The minimum Gasteiger partial charge on any atom is -0.481 e. The molecule has 270 valence electrons. The summed E-state index contributed by atoms with van der Waals surface area (Å²) in [6, 6.07) is 20.4. The van der Waals surface area contributed by atoms with Gasteiger partial charge in [-0.3, -0.25) is 14.6 Å². The third-order valence-corrected chi connectivity index (χ3v) is 8.58. The molecular formula is C34H44Cl2F3N5O5. The zero-order chi connectivity index (χ0) is 33.4. The molecule has 2 atom stereocenters. The number of alkyl halides is 3. The van der Waals surface area contributed by atoms with Crippen LogP contribution in [0, 0.1) is 0 Å². The van der Waals surface area contributed by atoms with Crippen LogP contribution in [0.15, 0.2) is 60.7 Å². The number of benzene rings is 2. The summed E-state index contributed by atoms with van der Waals surface area (Å²) in [7, 11) is 2.98. The van der Waals surface area contributed by atoms with Crippen molar-refractivity contribution in [1.82, 2.24) is 24.7 Å². The highest BCUT2D eigenvalue weighted by atomic mass is 35.5. The fourth-order valence-electron chi connectivity index (χ4n) is 6.58. The quantitative estimate of drug-likeness (QED) is 0.235. The maximum absolute atomic E-state index is 13.3. The molecule has 2 aliphatic heterocycles. The van der Waals surface area contributed by atoms with E-state index in [1.165, 1.54) is 7.11 Å². The number of rotatable bonds is 13. The predicted molar refractivity (Wildman–Crippen MR) is 183 cm³/mol. The molecule has 10 nitrogen and oxygen atoms in total. The Balaban J connectivity index is 0.00000325. The van der Waals surface area contributed by atoms with Crippen LogP contribution in [0.1, 0.15) is 36.0 Å². The van der Waals surface area contributed by atoms with Crippen LogP contribution in [0.25, 0.3) is 0 Å². The van der Waals surface area contributed by atoms with Crippen LogP contribution in [0.4, 0.5) is 13.2 Å². The monoisotopic (exact) mass is 729 g/mol. The van der Waals surface area contributed by atoms with Crippen molar-refractivity contribution in [2.24, 2.45) is 0 Å². The zero-order valence-electron chi connectivity index (χ0n) is 27.8. The summed E-state index contributed by atoms with van der Waals surface area (Å²) >= 11 is 0. The van der Waals surface area contributed by atoms with Gasteiger partial charge in [-0.05, 0) is 18.1 Å². The van der Waals surface area contributed by atoms with Crippen LogP contribution in [-0.2, 0) is 16.1 Å². The fraction of sp³-hybridized carbons (Fsp3) is 0.500. The molecule has 0 N–H and O–H groups in total. The SMILES string of the molecule is CCOc1nc(OC)c(CN2C[C@@H]3CN(C(=O)CCOC)CCN3[C@H](C(c3ccccc3)c3ccccc3)C2)c(OCC(F)(F)F)n1.Cl.Cl. The lowest BCUT2D eigenvalue weighted by Gasteiger charge is -2.53. The number of methoxy groups -OCH3 is 2. The summed E-state index contributed by atoms with van der Waals surface area (Å²) in [4.78, 5) is 28.2. The van der Waals surface area contributed by atoms with E-state index in [0.29, 0.717) is 51.3 Å². The summed E-state index contributed by atoms with van der Waals surface area (Å²) in [6.45, 7) is 3.87. The molecule has 3 aromatic rings. The number of ether oxygens (including phenoxy) is 4. The van der Waals surface area contributed by atoms with Crippen LogP contribution >= 0.6 is 24.8 Å². The molecule has 0 aliphatic carbocycles. The highest BCUT2D eigenvalue weighted by molar-refractivity contribution is 5.85. The number of halogens is 5. The van der Waals surface area contributed by atoms with Crippen LogP contribution in [0.5, 0.6) is 17.8 Å².